The molecular weight excluding hydrogens is 321 g/mol. The maximum Gasteiger partial charge on any atom is 0.223 e. The van der Waals surface area contributed by atoms with E-state index in [9.17, 15) is 0 Å². The molecule has 0 spiro atoms. The second-order valence-electron chi connectivity index (χ2n) is 2.82. The van der Waals surface area contributed by atoms with Gasteiger partial charge in [-0.2, -0.15) is 4.99 Å². The minimum absolute atomic E-state index is 0.0167. The van der Waals surface area contributed by atoms with Crippen molar-refractivity contribution >= 4 is 40.2 Å². The predicted molar refractivity (Wildman–Crippen MR) is 72.8 cm³/mol. The lowest BCUT2D eigenvalue weighted by Gasteiger charge is -2.03. The van der Waals surface area contributed by atoms with Gasteiger partial charge in [0.1, 0.15) is 5.75 Å². The molecule has 0 bridgehead atoms. The summed E-state index contributed by atoms with van der Waals surface area (Å²) in [7, 11) is 1.60. The Labute approximate surface area is 107 Å². The van der Waals surface area contributed by atoms with E-state index in [1.807, 2.05) is 6.07 Å². The third-order valence-corrected chi connectivity index (χ3v) is 2.50. The van der Waals surface area contributed by atoms with Crippen molar-refractivity contribution in [3.63, 3.8) is 0 Å². The lowest BCUT2D eigenvalue weighted by molar-refractivity contribution is 0.414. The van der Waals surface area contributed by atoms with Gasteiger partial charge in [0, 0.05) is 3.57 Å². The average Bonchev–Trinajstić information content (AvgIpc) is 2.19. The zero-order valence-corrected chi connectivity index (χ0v) is 10.8. The summed E-state index contributed by atoms with van der Waals surface area (Å²) >= 11 is 2.12. The summed E-state index contributed by atoms with van der Waals surface area (Å²) in [5, 5.41) is 0. The van der Waals surface area contributed by atoms with E-state index in [0.29, 0.717) is 5.69 Å². The van der Waals surface area contributed by atoms with Crippen LogP contribution in [0.2, 0.25) is 0 Å². The van der Waals surface area contributed by atoms with E-state index in [1.165, 1.54) is 0 Å². The van der Waals surface area contributed by atoms with E-state index in [-0.39, 0.29) is 11.9 Å². The first-order valence-corrected chi connectivity index (χ1v) is 5.38. The third kappa shape index (κ3) is 3.57. The highest BCUT2D eigenvalue weighted by molar-refractivity contribution is 14.1. The van der Waals surface area contributed by atoms with Crippen molar-refractivity contribution in [1.29, 1.82) is 0 Å². The number of aliphatic imine (C=N–C) groups is 2. The SMILES string of the molecule is COc1ccc(N=C(N)N=C(N)N)c(I)c1. The largest absolute Gasteiger partial charge is 0.497 e. The Morgan fingerprint density at radius 3 is 2.50 bits per heavy atom. The van der Waals surface area contributed by atoms with Gasteiger partial charge in [-0.25, -0.2) is 4.99 Å². The summed E-state index contributed by atoms with van der Waals surface area (Å²) in [6.45, 7) is 0. The number of halogens is 1. The number of ether oxygens (including phenoxy) is 1. The van der Waals surface area contributed by atoms with Crippen molar-refractivity contribution in [2.45, 2.75) is 0 Å². The minimum Gasteiger partial charge on any atom is -0.497 e. The fraction of sp³-hybridized carbons (Fsp3) is 0.111. The molecule has 6 N–H and O–H groups in total. The molecule has 0 aromatic heterocycles. The molecule has 0 fully saturated rings. The van der Waals surface area contributed by atoms with Crippen molar-refractivity contribution in [1.82, 2.24) is 0 Å². The van der Waals surface area contributed by atoms with Crippen LogP contribution in [0, 0.1) is 3.57 Å². The van der Waals surface area contributed by atoms with Gasteiger partial charge in [-0.05, 0) is 40.8 Å². The van der Waals surface area contributed by atoms with Crippen LogP contribution >= 0.6 is 22.6 Å². The molecule has 1 rings (SSSR count). The van der Waals surface area contributed by atoms with Crippen molar-refractivity contribution in [3.05, 3.63) is 21.8 Å². The third-order valence-electron chi connectivity index (χ3n) is 1.63. The highest BCUT2D eigenvalue weighted by Crippen LogP contribution is 2.25. The smallest absolute Gasteiger partial charge is 0.223 e. The average molecular weight is 333 g/mol. The molecule has 16 heavy (non-hydrogen) atoms. The van der Waals surface area contributed by atoms with Crippen LogP contribution in [-0.2, 0) is 0 Å². The molecule has 1 aromatic carbocycles. The molecule has 0 atom stereocenters. The van der Waals surface area contributed by atoms with E-state index >= 15 is 0 Å². The number of nitrogens with zero attached hydrogens (tertiary/aromatic N) is 2. The molecule has 6 nitrogen and oxygen atoms in total. The summed E-state index contributed by atoms with van der Waals surface area (Å²) in [5.74, 6) is 0.650. The molecule has 0 aliphatic heterocycles. The van der Waals surface area contributed by atoms with Gasteiger partial charge in [0.25, 0.3) is 0 Å². The molecule has 0 saturated heterocycles. The van der Waals surface area contributed by atoms with Gasteiger partial charge in [-0.3, -0.25) is 0 Å². The zero-order valence-electron chi connectivity index (χ0n) is 8.64. The zero-order chi connectivity index (χ0) is 12.1. The van der Waals surface area contributed by atoms with Gasteiger partial charge < -0.3 is 21.9 Å². The minimum atomic E-state index is -0.121. The Morgan fingerprint density at radius 2 is 2.00 bits per heavy atom. The summed E-state index contributed by atoms with van der Waals surface area (Å²) in [5.41, 5.74) is 16.5. The maximum absolute atomic E-state index is 5.51. The number of methoxy groups -OCH3 is 1. The number of nitrogens with two attached hydrogens (primary N) is 3. The van der Waals surface area contributed by atoms with Gasteiger partial charge in [-0.1, -0.05) is 0 Å². The number of rotatable bonds is 2. The van der Waals surface area contributed by atoms with Crippen molar-refractivity contribution in [2.75, 3.05) is 7.11 Å². The van der Waals surface area contributed by atoms with Gasteiger partial charge in [0.2, 0.25) is 5.96 Å². The fourth-order valence-electron chi connectivity index (χ4n) is 0.986. The van der Waals surface area contributed by atoms with E-state index in [1.54, 1.807) is 19.2 Å². The lowest BCUT2D eigenvalue weighted by Crippen LogP contribution is -2.26. The van der Waals surface area contributed by atoms with E-state index < -0.39 is 0 Å². The van der Waals surface area contributed by atoms with Gasteiger partial charge >= 0.3 is 0 Å². The van der Waals surface area contributed by atoms with Crippen molar-refractivity contribution in [3.8, 4) is 5.75 Å². The first kappa shape index (κ1) is 12.6. The topological polar surface area (TPSA) is 112 Å². The number of benzene rings is 1. The maximum atomic E-state index is 5.51. The van der Waals surface area contributed by atoms with Crippen molar-refractivity contribution in [2.24, 2.45) is 27.2 Å². The van der Waals surface area contributed by atoms with Crippen LogP contribution in [0.5, 0.6) is 5.75 Å². The van der Waals surface area contributed by atoms with Crippen LogP contribution in [0.15, 0.2) is 28.2 Å². The molecule has 0 radical (unpaired) electrons. The molecule has 0 unspecified atom stereocenters. The quantitative estimate of drug-likeness (QED) is 0.416. The van der Waals surface area contributed by atoms with E-state index in [0.717, 1.165) is 9.32 Å². The molecule has 0 saturated carbocycles. The standard InChI is InChI=1S/C9H12IN5O/c1-16-5-2-3-7(6(10)4-5)14-9(13)15-8(11)12/h2-4H,1H3,(H6,11,12,13,14,15). The summed E-state index contributed by atoms with van der Waals surface area (Å²) < 4.78 is 5.96. The first-order valence-electron chi connectivity index (χ1n) is 4.30. The first-order chi connectivity index (χ1) is 7.52. The van der Waals surface area contributed by atoms with E-state index in [4.69, 9.17) is 21.9 Å². The second-order valence-corrected chi connectivity index (χ2v) is 3.99. The molecule has 0 aliphatic rings. The normalized spacial score (nSPS) is 11.0. The summed E-state index contributed by atoms with van der Waals surface area (Å²) in [6.07, 6.45) is 0. The lowest BCUT2D eigenvalue weighted by atomic mass is 10.3. The molecule has 0 aliphatic carbocycles. The Bertz CT molecular complexity index is 440. The summed E-state index contributed by atoms with van der Waals surface area (Å²) in [6, 6.07) is 5.39. The summed E-state index contributed by atoms with van der Waals surface area (Å²) in [4.78, 5) is 7.68. The Balaban J connectivity index is 3.02. The highest BCUT2D eigenvalue weighted by atomic mass is 127. The number of hydrogen-bond donors (Lipinski definition) is 3. The Kier molecular flexibility index (Phi) is 4.35. The van der Waals surface area contributed by atoms with Crippen molar-refractivity contribution < 1.29 is 4.74 Å². The van der Waals surface area contributed by atoms with Gasteiger partial charge in [0.05, 0.1) is 12.8 Å². The highest BCUT2D eigenvalue weighted by Gasteiger charge is 2.01. The molecule has 0 amide bonds. The fourth-order valence-corrected chi connectivity index (χ4v) is 1.59. The van der Waals surface area contributed by atoms with Crippen LogP contribution in [0.3, 0.4) is 0 Å². The number of hydrogen-bond acceptors (Lipinski definition) is 2. The predicted octanol–water partition coefficient (Wildman–Crippen LogP) is 0.519. The molecule has 0 heterocycles. The second kappa shape index (κ2) is 5.54. The molecule has 7 heteroatoms. The van der Waals surface area contributed by atoms with Crippen LogP contribution in [0.4, 0.5) is 5.69 Å². The van der Waals surface area contributed by atoms with Crippen LogP contribution in [-0.4, -0.2) is 19.0 Å². The van der Waals surface area contributed by atoms with Gasteiger partial charge in [0.15, 0.2) is 5.96 Å². The van der Waals surface area contributed by atoms with Gasteiger partial charge in [-0.15, -0.1) is 0 Å². The molecular formula is C9H12IN5O. The van der Waals surface area contributed by atoms with Crippen LogP contribution in [0.1, 0.15) is 0 Å². The van der Waals surface area contributed by atoms with Crippen LogP contribution < -0.4 is 21.9 Å². The van der Waals surface area contributed by atoms with E-state index in [2.05, 4.69) is 32.6 Å². The van der Waals surface area contributed by atoms with Crippen LogP contribution in [0.25, 0.3) is 0 Å². The number of guanidine groups is 2. The Hall–Kier alpha value is -1.51. The Morgan fingerprint density at radius 1 is 1.31 bits per heavy atom. The monoisotopic (exact) mass is 333 g/mol. The molecule has 86 valence electrons. The molecule has 1 aromatic rings.